The smallest absolute Gasteiger partial charge is 0.330 e. The molecule has 1 aliphatic rings. The number of nitrogens with zero attached hydrogens (tertiary/aromatic N) is 1. The van der Waals surface area contributed by atoms with Gasteiger partial charge in [0.1, 0.15) is 11.7 Å². The lowest BCUT2D eigenvalue weighted by Gasteiger charge is -2.36. The summed E-state index contributed by atoms with van der Waals surface area (Å²) in [7, 11) is -1.80. The zero-order chi connectivity index (χ0) is 16.5. The van der Waals surface area contributed by atoms with E-state index in [1.165, 1.54) is 16.8 Å². The number of aromatic nitrogens is 2. The summed E-state index contributed by atoms with van der Waals surface area (Å²) in [5.41, 5.74) is -0.924. The van der Waals surface area contributed by atoms with E-state index in [-0.39, 0.29) is 16.7 Å². The molecule has 1 aromatic heterocycles. The minimum atomic E-state index is -1.80. The van der Waals surface area contributed by atoms with E-state index in [9.17, 15) is 9.59 Å². The molecule has 6 nitrogen and oxygen atoms in total. The van der Waals surface area contributed by atoms with E-state index in [1.807, 2.05) is 0 Å². The van der Waals surface area contributed by atoms with Crippen LogP contribution in [-0.2, 0) is 9.16 Å². The molecule has 0 bridgehead atoms. The Morgan fingerprint density at radius 2 is 2.14 bits per heavy atom. The Morgan fingerprint density at radius 3 is 2.73 bits per heavy atom. The Labute approximate surface area is 135 Å². The maximum Gasteiger partial charge on any atom is 0.330 e. The van der Waals surface area contributed by atoms with E-state index in [0.29, 0.717) is 12.4 Å². The van der Waals surface area contributed by atoms with E-state index in [1.54, 1.807) is 11.8 Å². The molecule has 1 saturated heterocycles. The highest BCUT2D eigenvalue weighted by atomic mass is 32.2. The van der Waals surface area contributed by atoms with Crippen molar-refractivity contribution in [2.45, 2.75) is 50.6 Å². The molecule has 0 radical (unpaired) electrons. The molecule has 1 fully saturated rings. The molecule has 1 aliphatic heterocycles. The second-order valence-corrected chi connectivity index (χ2v) is 12.9. The first kappa shape index (κ1) is 17.5. The van der Waals surface area contributed by atoms with Gasteiger partial charge in [-0.25, -0.2) is 4.79 Å². The molecular weight excluding hydrogens is 320 g/mol. The molecule has 0 spiro atoms. The third kappa shape index (κ3) is 3.92. The predicted octanol–water partition coefficient (Wildman–Crippen LogP) is 2.15. The van der Waals surface area contributed by atoms with Gasteiger partial charge < -0.3 is 9.16 Å². The van der Waals surface area contributed by atoms with Gasteiger partial charge in [-0.1, -0.05) is 20.8 Å². The molecule has 2 unspecified atom stereocenters. The van der Waals surface area contributed by atoms with Crippen LogP contribution in [0, 0.1) is 0 Å². The standard InChI is InChI=1S/C14H24N2O4SSi/c1-14(2,3)22(4,5)19-8-12-20-11(9-21-12)16-7-6-10(17)15-13(16)18/h6-7,11-12H,8-9H2,1-5H3,(H,15,17,18). The van der Waals surface area contributed by atoms with Gasteiger partial charge in [-0.2, -0.15) is 0 Å². The van der Waals surface area contributed by atoms with Crippen LogP contribution in [-0.4, -0.2) is 35.7 Å². The molecule has 2 atom stereocenters. The highest BCUT2D eigenvalue weighted by Gasteiger charge is 2.38. The summed E-state index contributed by atoms with van der Waals surface area (Å²) < 4.78 is 13.5. The quantitative estimate of drug-likeness (QED) is 0.847. The van der Waals surface area contributed by atoms with E-state index in [4.69, 9.17) is 9.16 Å². The van der Waals surface area contributed by atoms with Crippen LogP contribution in [0.5, 0.6) is 0 Å². The Morgan fingerprint density at radius 1 is 1.45 bits per heavy atom. The number of aromatic amines is 1. The Balaban J connectivity index is 1.96. The summed E-state index contributed by atoms with van der Waals surface area (Å²) in [4.78, 5) is 25.1. The van der Waals surface area contributed by atoms with Gasteiger partial charge in [0.15, 0.2) is 8.32 Å². The molecule has 2 rings (SSSR count). The number of rotatable bonds is 4. The van der Waals surface area contributed by atoms with Crippen LogP contribution in [0.15, 0.2) is 21.9 Å². The fourth-order valence-electron chi connectivity index (χ4n) is 1.82. The van der Waals surface area contributed by atoms with Crippen molar-refractivity contribution in [1.29, 1.82) is 0 Å². The van der Waals surface area contributed by atoms with Gasteiger partial charge in [-0.3, -0.25) is 14.3 Å². The first-order chi connectivity index (χ1) is 10.1. The Bertz CT molecular complexity index is 635. The zero-order valence-corrected chi connectivity index (χ0v) is 15.5. The monoisotopic (exact) mass is 344 g/mol. The lowest BCUT2D eigenvalue weighted by Crippen LogP contribution is -2.42. The molecule has 22 heavy (non-hydrogen) atoms. The van der Waals surface area contributed by atoms with Gasteiger partial charge in [0.05, 0.1) is 6.61 Å². The van der Waals surface area contributed by atoms with Gasteiger partial charge in [0, 0.05) is 18.0 Å². The Kier molecular flexibility index (Phi) is 5.05. The SMILES string of the molecule is CC(C)(C)[Si](C)(C)OCC1OC(n2ccc(=O)[nH]c2=O)CS1. The van der Waals surface area contributed by atoms with Crippen molar-refractivity contribution in [3.8, 4) is 0 Å². The number of hydrogen-bond acceptors (Lipinski definition) is 5. The van der Waals surface area contributed by atoms with Crippen LogP contribution in [0.1, 0.15) is 27.0 Å². The minimum Gasteiger partial charge on any atom is -0.413 e. The largest absolute Gasteiger partial charge is 0.413 e. The summed E-state index contributed by atoms with van der Waals surface area (Å²) in [5, 5.41) is 0.158. The van der Waals surface area contributed by atoms with E-state index >= 15 is 0 Å². The summed E-state index contributed by atoms with van der Waals surface area (Å²) in [6.45, 7) is 11.5. The number of hydrogen-bond donors (Lipinski definition) is 1. The average Bonchev–Trinajstić information content (AvgIpc) is 2.83. The minimum absolute atomic E-state index is 0.0852. The van der Waals surface area contributed by atoms with Crippen molar-refractivity contribution >= 4 is 20.1 Å². The number of thioether (sulfide) groups is 1. The topological polar surface area (TPSA) is 73.3 Å². The van der Waals surface area contributed by atoms with Crippen LogP contribution in [0.3, 0.4) is 0 Å². The van der Waals surface area contributed by atoms with Crippen molar-refractivity contribution in [2.75, 3.05) is 12.4 Å². The molecule has 2 heterocycles. The maximum absolute atomic E-state index is 11.8. The number of H-pyrrole nitrogens is 1. The fourth-order valence-corrected chi connectivity index (χ4v) is 3.94. The zero-order valence-electron chi connectivity index (χ0n) is 13.7. The van der Waals surface area contributed by atoms with Crippen molar-refractivity contribution in [3.63, 3.8) is 0 Å². The molecule has 1 N–H and O–H groups in total. The number of ether oxygens (including phenoxy) is 1. The number of nitrogens with one attached hydrogen (secondary N) is 1. The molecule has 0 aromatic carbocycles. The van der Waals surface area contributed by atoms with Crippen LogP contribution >= 0.6 is 11.8 Å². The highest BCUT2D eigenvalue weighted by Crippen LogP contribution is 2.38. The van der Waals surface area contributed by atoms with Gasteiger partial charge in [-0.05, 0) is 18.1 Å². The predicted molar refractivity (Wildman–Crippen MR) is 90.8 cm³/mol. The van der Waals surface area contributed by atoms with E-state index < -0.39 is 19.6 Å². The van der Waals surface area contributed by atoms with Gasteiger partial charge >= 0.3 is 5.69 Å². The molecule has 124 valence electrons. The van der Waals surface area contributed by atoms with Gasteiger partial charge in [0.25, 0.3) is 5.56 Å². The third-order valence-corrected chi connectivity index (χ3v) is 9.88. The summed E-state index contributed by atoms with van der Waals surface area (Å²) >= 11 is 1.63. The van der Waals surface area contributed by atoms with E-state index in [2.05, 4.69) is 38.8 Å². The van der Waals surface area contributed by atoms with Crippen LogP contribution in [0.2, 0.25) is 18.1 Å². The van der Waals surface area contributed by atoms with Gasteiger partial charge in [-0.15, -0.1) is 11.8 Å². The Hall–Kier alpha value is -0.833. The molecule has 1 aromatic rings. The lowest BCUT2D eigenvalue weighted by atomic mass is 10.2. The normalized spacial score (nSPS) is 23.0. The van der Waals surface area contributed by atoms with Crippen molar-refractivity contribution in [1.82, 2.24) is 9.55 Å². The van der Waals surface area contributed by atoms with E-state index in [0.717, 1.165) is 0 Å². The summed E-state index contributed by atoms with van der Waals surface area (Å²) in [5.74, 6) is 0.664. The molecule has 0 amide bonds. The van der Waals surface area contributed by atoms with Crippen LogP contribution in [0.25, 0.3) is 0 Å². The lowest BCUT2D eigenvalue weighted by molar-refractivity contribution is -0.00421. The van der Waals surface area contributed by atoms with Crippen molar-refractivity contribution in [3.05, 3.63) is 33.1 Å². The first-order valence-corrected chi connectivity index (χ1v) is 11.3. The average molecular weight is 345 g/mol. The third-order valence-electron chi connectivity index (χ3n) is 4.28. The highest BCUT2D eigenvalue weighted by molar-refractivity contribution is 8.00. The van der Waals surface area contributed by atoms with Crippen LogP contribution < -0.4 is 11.2 Å². The summed E-state index contributed by atoms with van der Waals surface area (Å²) in [6.07, 6.45) is 1.12. The fraction of sp³-hybridized carbons (Fsp3) is 0.714. The van der Waals surface area contributed by atoms with Crippen molar-refractivity contribution in [2.24, 2.45) is 0 Å². The van der Waals surface area contributed by atoms with Crippen molar-refractivity contribution < 1.29 is 9.16 Å². The first-order valence-electron chi connectivity index (χ1n) is 7.33. The summed E-state index contributed by atoms with van der Waals surface area (Å²) in [6, 6.07) is 1.33. The molecule has 0 saturated carbocycles. The van der Waals surface area contributed by atoms with Crippen LogP contribution in [0.4, 0.5) is 0 Å². The second-order valence-electron chi connectivity index (χ2n) is 6.94. The molecule has 0 aliphatic carbocycles. The molecular formula is C14H24N2O4SSi. The van der Waals surface area contributed by atoms with Gasteiger partial charge in [0.2, 0.25) is 0 Å². The molecule has 8 heteroatoms. The second kappa shape index (κ2) is 6.35. The maximum atomic E-state index is 11.8.